The van der Waals surface area contributed by atoms with Gasteiger partial charge in [-0.2, -0.15) is 0 Å². The average molecular weight is 539 g/mol. The second kappa shape index (κ2) is 9.94. The van der Waals surface area contributed by atoms with Gasteiger partial charge >= 0.3 is 0 Å². The SMILES string of the molecule is O=S1(=O)CCN(c2ccc(OCC3COC(Cn4cnnc4)(c4ccc(Cl)cc4Cl)O3)cc2)CC1. The number of halogens is 2. The van der Waals surface area contributed by atoms with Crippen molar-refractivity contribution < 1.29 is 22.6 Å². The van der Waals surface area contributed by atoms with Gasteiger partial charge in [0.05, 0.1) is 29.7 Å². The number of aromatic nitrogens is 3. The predicted molar refractivity (Wildman–Crippen MR) is 132 cm³/mol. The van der Waals surface area contributed by atoms with E-state index in [0.29, 0.717) is 47.6 Å². The molecule has 5 rings (SSSR count). The Morgan fingerprint density at radius 2 is 1.77 bits per heavy atom. The molecule has 1 aromatic heterocycles. The topological polar surface area (TPSA) is 95.8 Å². The molecule has 2 fully saturated rings. The molecule has 2 atom stereocenters. The van der Waals surface area contributed by atoms with E-state index in [0.717, 1.165) is 5.69 Å². The molecule has 2 unspecified atom stereocenters. The predicted octanol–water partition coefficient (Wildman–Crippen LogP) is 3.17. The number of hydrogen-bond acceptors (Lipinski definition) is 8. The highest BCUT2D eigenvalue weighted by Crippen LogP contribution is 2.40. The maximum absolute atomic E-state index is 11.7. The summed E-state index contributed by atoms with van der Waals surface area (Å²) in [5.74, 6) is -0.100. The number of ether oxygens (including phenoxy) is 3. The van der Waals surface area contributed by atoms with E-state index in [4.69, 9.17) is 37.4 Å². The summed E-state index contributed by atoms with van der Waals surface area (Å²) < 4.78 is 43.6. The third-order valence-corrected chi connectivity index (χ3v) is 8.20. The third-order valence-electron chi connectivity index (χ3n) is 6.04. The Kier molecular flexibility index (Phi) is 6.91. The quantitative estimate of drug-likeness (QED) is 0.452. The van der Waals surface area contributed by atoms with Gasteiger partial charge in [0.15, 0.2) is 9.84 Å². The molecule has 0 bridgehead atoms. The van der Waals surface area contributed by atoms with Crippen molar-refractivity contribution in [2.45, 2.75) is 18.4 Å². The summed E-state index contributed by atoms with van der Waals surface area (Å²) in [7, 11) is -2.92. The molecular formula is C23H24Cl2N4O5S. The van der Waals surface area contributed by atoms with Crippen molar-refractivity contribution in [2.75, 3.05) is 42.7 Å². The molecule has 3 heterocycles. The average Bonchev–Trinajstić information content (AvgIpc) is 3.49. The molecular weight excluding hydrogens is 515 g/mol. The summed E-state index contributed by atoms with van der Waals surface area (Å²) in [4.78, 5) is 2.06. The van der Waals surface area contributed by atoms with Crippen LogP contribution in [-0.4, -0.2) is 67.1 Å². The fraction of sp³-hybridized carbons (Fsp3) is 0.391. The smallest absolute Gasteiger partial charge is 0.215 e. The molecule has 0 aliphatic carbocycles. The van der Waals surface area contributed by atoms with Gasteiger partial charge in [0.1, 0.15) is 31.1 Å². The maximum atomic E-state index is 11.7. The molecule has 0 amide bonds. The molecule has 35 heavy (non-hydrogen) atoms. The van der Waals surface area contributed by atoms with Crippen molar-refractivity contribution in [3.8, 4) is 5.75 Å². The van der Waals surface area contributed by atoms with Crippen LogP contribution in [0.25, 0.3) is 0 Å². The van der Waals surface area contributed by atoms with Gasteiger partial charge in [-0.05, 0) is 36.4 Å². The molecule has 0 N–H and O–H groups in total. The van der Waals surface area contributed by atoms with Crippen molar-refractivity contribution in [2.24, 2.45) is 0 Å². The molecule has 9 nitrogen and oxygen atoms in total. The Balaban J connectivity index is 1.24. The second-order valence-electron chi connectivity index (χ2n) is 8.51. The largest absolute Gasteiger partial charge is 0.491 e. The van der Waals surface area contributed by atoms with E-state index in [1.807, 2.05) is 24.3 Å². The molecule has 0 spiro atoms. The van der Waals surface area contributed by atoms with Gasteiger partial charge in [-0.1, -0.05) is 29.3 Å². The van der Waals surface area contributed by atoms with Gasteiger partial charge in [0.25, 0.3) is 0 Å². The first-order valence-corrected chi connectivity index (χ1v) is 13.7. The van der Waals surface area contributed by atoms with Crippen molar-refractivity contribution in [1.82, 2.24) is 14.8 Å². The summed E-state index contributed by atoms with van der Waals surface area (Å²) in [6, 6.07) is 12.8. The van der Waals surface area contributed by atoms with E-state index in [-0.39, 0.29) is 24.2 Å². The normalized spacial score (nSPS) is 23.9. The highest BCUT2D eigenvalue weighted by atomic mass is 35.5. The zero-order chi connectivity index (χ0) is 24.5. The molecule has 2 saturated heterocycles. The number of hydrogen-bond donors (Lipinski definition) is 0. The minimum Gasteiger partial charge on any atom is -0.491 e. The van der Waals surface area contributed by atoms with Crippen LogP contribution in [0.2, 0.25) is 10.0 Å². The Morgan fingerprint density at radius 1 is 1.06 bits per heavy atom. The van der Waals surface area contributed by atoms with Crippen LogP contribution in [0.4, 0.5) is 5.69 Å². The van der Waals surface area contributed by atoms with Crippen molar-refractivity contribution >= 4 is 38.7 Å². The molecule has 2 aliphatic heterocycles. The Labute approximate surface area is 213 Å². The molecule has 3 aromatic rings. The lowest BCUT2D eigenvalue weighted by molar-refractivity contribution is -0.189. The van der Waals surface area contributed by atoms with Crippen LogP contribution >= 0.6 is 23.2 Å². The zero-order valence-electron chi connectivity index (χ0n) is 18.7. The van der Waals surface area contributed by atoms with Gasteiger partial charge in [-0.15, -0.1) is 10.2 Å². The lowest BCUT2D eigenvalue weighted by Gasteiger charge is -2.29. The summed E-state index contributed by atoms with van der Waals surface area (Å²) >= 11 is 12.6. The molecule has 12 heteroatoms. The van der Waals surface area contributed by atoms with E-state index < -0.39 is 15.6 Å². The van der Waals surface area contributed by atoms with E-state index >= 15 is 0 Å². The molecule has 2 aromatic carbocycles. The van der Waals surface area contributed by atoms with Crippen LogP contribution in [0, 0.1) is 0 Å². The standard InChI is InChI=1S/C23H24Cl2N4O5S/c24-17-1-6-21(22(25)11-17)23(14-28-15-26-27-16-28)33-13-20(34-23)12-32-19-4-2-18(3-5-19)29-7-9-35(30,31)10-8-29/h1-6,11,15-16,20H,7-10,12-14H2. The van der Waals surface area contributed by atoms with Crippen LogP contribution in [0.5, 0.6) is 5.75 Å². The summed E-state index contributed by atoms with van der Waals surface area (Å²) in [5, 5.41) is 8.67. The minimum absolute atomic E-state index is 0.179. The van der Waals surface area contributed by atoms with Gasteiger partial charge in [0.2, 0.25) is 5.79 Å². The fourth-order valence-electron chi connectivity index (χ4n) is 4.21. The van der Waals surface area contributed by atoms with E-state index in [2.05, 4.69) is 15.1 Å². The highest BCUT2D eigenvalue weighted by molar-refractivity contribution is 7.91. The summed E-state index contributed by atoms with van der Waals surface area (Å²) in [6.45, 7) is 1.88. The van der Waals surface area contributed by atoms with Crippen LogP contribution in [0.1, 0.15) is 5.56 Å². The molecule has 186 valence electrons. The molecule has 0 radical (unpaired) electrons. The number of nitrogens with zero attached hydrogens (tertiary/aromatic N) is 4. The molecule has 2 aliphatic rings. The van der Waals surface area contributed by atoms with E-state index in [1.165, 1.54) is 0 Å². The van der Waals surface area contributed by atoms with Crippen LogP contribution in [0.15, 0.2) is 55.1 Å². The van der Waals surface area contributed by atoms with Gasteiger partial charge < -0.3 is 23.7 Å². The first-order chi connectivity index (χ1) is 16.8. The van der Waals surface area contributed by atoms with E-state index in [1.54, 1.807) is 35.4 Å². The van der Waals surface area contributed by atoms with Crippen molar-refractivity contribution in [3.63, 3.8) is 0 Å². The van der Waals surface area contributed by atoms with Crippen LogP contribution in [-0.2, 0) is 31.6 Å². The van der Waals surface area contributed by atoms with Gasteiger partial charge in [-0.3, -0.25) is 0 Å². The Morgan fingerprint density at radius 3 is 2.46 bits per heavy atom. The maximum Gasteiger partial charge on any atom is 0.215 e. The number of benzene rings is 2. The van der Waals surface area contributed by atoms with Crippen molar-refractivity contribution in [1.29, 1.82) is 0 Å². The minimum atomic E-state index is -2.92. The van der Waals surface area contributed by atoms with Crippen LogP contribution < -0.4 is 9.64 Å². The van der Waals surface area contributed by atoms with Crippen LogP contribution in [0.3, 0.4) is 0 Å². The van der Waals surface area contributed by atoms with Gasteiger partial charge in [0, 0.05) is 29.4 Å². The lowest BCUT2D eigenvalue weighted by Crippen LogP contribution is -2.40. The summed E-state index contributed by atoms with van der Waals surface area (Å²) in [5.41, 5.74) is 1.63. The number of anilines is 1. The Hall–Kier alpha value is -2.37. The van der Waals surface area contributed by atoms with E-state index in [9.17, 15) is 8.42 Å². The number of rotatable bonds is 7. The highest BCUT2D eigenvalue weighted by Gasteiger charge is 2.45. The first kappa shape index (κ1) is 24.3. The molecule has 0 saturated carbocycles. The van der Waals surface area contributed by atoms with Crippen molar-refractivity contribution in [3.05, 3.63) is 70.7 Å². The first-order valence-electron chi connectivity index (χ1n) is 11.1. The third kappa shape index (κ3) is 5.57. The fourth-order valence-corrected chi connectivity index (χ4v) is 5.97. The lowest BCUT2D eigenvalue weighted by atomic mass is 10.1. The monoisotopic (exact) mass is 538 g/mol. The summed E-state index contributed by atoms with van der Waals surface area (Å²) in [6.07, 6.45) is 2.83. The zero-order valence-corrected chi connectivity index (χ0v) is 21.0. The number of sulfone groups is 1. The Bertz CT molecular complexity index is 1260. The second-order valence-corrected chi connectivity index (χ2v) is 11.7. The van der Waals surface area contributed by atoms with Gasteiger partial charge in [-0.25, -0.2) is 8.42 Å².